The standard InChI is InChI=1S/C16H26O3Si/c1-10-7-15-9-19-16(8-10,18-3)13(15)11(2)12(14(15)17)20(4,5)6/h7,13-14,17H,8-9H2,1-6H3/t13-,14-,15-,16+/m1/s1. The van der Waals surface area contributed by atoms with Gasteiger partial charge in [0.25, 0.3) is 0 Å². The van der Waals surface area contributed by atoms with Crippen LogP contribution in [0.2, 0.25) is 19.6 Å². The number of methoxy groups -OCH3 is 1. The molecule has 0 unspecified atom stereocenters. The topological polar surface area (TPSA) is 38.7 Å². The van der Waals surface area contributed by atoms with E-state index in [1.165, 1.54) is 16.3 Å². The van der Waals surface area contributed by atoms with Crippen molar-refractivity contribution in [2.24, 2.45) is 11.3 Å². The molecule has 0 saturated carbocycles. The third-order valence-corrected chi connectivity index (χ3v) is 7.66. The Bertz CT molecular complexity index is 516. The summed E-state index contributed by atoms with van der Waals surface area (Å²) in [5.74, 6) is -0.397. The van der Waals surface area contributed by atoms with Crippen molar-refractivity contribution in [3.05, 3.63) is 22.4 Å². The van der Waals surface area contributed by atoms with Gasteiger partial charge >= 0.3 is 0 Å². The molecule has 1 N–H and O–H groups in total. The molecule has 0 aromatic carbocycles. The van der Waals surface area contributed by atoms with Crippen LogP contribution < -0.4 is 0 Å². The minimum absolute atomic E-state index is 0.167. The van der Waals surface area contributed by atoms with Gasteiger partial charge in [0.2, 0.25) is 0 Å². The Labute approximate surface area is 122 Å². The molecule has 2 bridgehead atoms. The first-order valence-electron chi connectivity index (χ1n) is 7.44. The van der Waals surface area contributed by atoms with Crippen LogP contribution in [0.3, 0.4) is 0 Å². The van der Waals surface area contributed by atoms with Crippen molar-refractivity contribution in [3.8, 4) is 0 Å². The summed E-state index contributed by atoms with van der Waals surface area (Å²) in [5.41, 5.74) is 2.29. The second kappa shape index (κ2) is 4.06. The highest BCUT2D eigenvalue weighted by molar-refractivity contribution is 6.83. The maximum absolute atomic E-state index is 11.1. The fraction of sp³-hybridized carbons (Fsp3) is 0.750. The van der Waals surface area contributed by atoms with E-state index in [0.717, 1.165) is 6.42 Å². The molecule has 3 nitrogen and oxygen atoms in total. The van der Waals surface area contributed by atoms with Crippen LogP contribution in [0, 0.1) is 11.3 Å². The zero-order valence-electron chi connectivity index (χ0n) is 13.4. The maximum Gasteiger partial charge on any atom is 0.179 e. The summed E-state index contributed by atoms with van der Waals surface area (Å²) in [5, 5.41) is 12.4. The minimum atomic E-state index is -1.56. The van der Waals surface area contributed by atoms with E-state index in [-0.39, 0.29) is 11.3 Å². The largest absolute Gasteiger partial charge is 0.388 e. The maximum atomic E-state index is 11.1. The second-order valence-electron chi connectivity index (χ2n) is 7.77. The predicted octanol–water partition coefficient (Wildman–Crippen LogP) is 2.88. The molecule has 0 aromatic heterocycles. The van der Waals surface area contributed by atoms with Crippen molar-refractivity contribution < 1.29 is 14.6 Å². The normalized spacial score (nSPS) is 43.9. The van der Waals surface area contributed by atoms with Crippen LogP contribution in [0.4, 0.5) is 0 Å². The quantitative estimate of drug-likeness (QED) is 0.629. The number of hydrogen-bond donors (Lipinski definition) is 1. The van der Waals surface area contributed by atoms with Gasteiger partial charge in [0.1, 0.15) is 0 Å². The molecule has 4 heteroatoms. The van der Waals surface area contributed by atoms with Gasteiger partial charge in [-0.2, -0.15) is 0 Å². The monoisotopic (exact) mass is 294 g/mol. The van der Waals surface area contributed by atoms with Crippen molar-refractivity contribution >= 4 is 8.07 Å². The SMILES string of the molecule is CO[C@@]12CC(C)=C[C@]3(CO1)[C@H](O)C([Si](C)(C)C)=C(C)[C@@H]23. The van der Waals surface area contributed by atoms with E-state index in [2.05, 4.69) is 39.6 Å². The molecule has 4 atom stereocenters. The molecule has 20 heavy (non-hydrogen) atoms. The molecule has 3 aliphatic rings. The summed E-state index contributed by atoms with van der Waals surface area (Å²) in [6.07, 6.45) is 2.66. The van der Waals surface area contributed by atoms with Crippen LogP contribution in [-0.4, -0.2) is 38.8 Å². The van der Waals surface area contributed by atoms with E-state index in [9.17, 15) is 5.11 Å². The summed E-state index contributed by atoms with van der Waals surface area (Å²) in [6.45, 7) is 11.8. The molecule has 1 aliphatic heterocycles. The summed E-state index contributed by atoms with van der Waals surface area (Å²) in [6, 6.07) is 0. The van der Waals surface area contributed by atoms with Gasteiger partial charge in [-0.25, -0.2) is 0 Å². The molecule has 3 rings (SSSR count). The average molecular weight is 294 g/mol. The first-order valence-corrected chi connectivity index (χ1v) is 10.9. The number of aliphatic hydroxyl groups is 1. The van der Waals surface area contributed by atoms with E-state index >= 15 is 0 Å². The number of aliphatic hydroxyl groups excluding tert-OH is 1. The van der Waals surface area contributed by atoms with Crippen LogP contribution >= 0.6 is 0 Å². The molecular formula is C16H26O3Si. The van der Waals surface area contributed by atoms with Gasteiger partial charge in [-0.3, -0.25) is 0 Å². The van der Waals surface area contributed by atoms with E-state index in [0.29, 0.717) is 6.61 Å². The molecule has 112 valence electrons. The van der Waals surface area contributed by atoms with E-state index in [1.807, 2.05) is 0 Å². The Morgan fingerprint density at radius 2 is 2.00 bits per heavy atom. The van der Waals surface area contributed by atoms with Crippen molar-refractivity contribution in [3.63, 3.8) is 0 Å². The first-order chi connectivity index (χ1) is 9.18. The van der Waals surface area contributed by atoms with Crippen LogP contribution in [0.5, 0.6) is 0 Å². The lowest BCUT2D eigenvalue weighted by molar-refractivity contribution is -0.209. The smallest absolute Gasteiger partial charge is 0.179 e. The van der Waals surface area contributed by atoms with Crippen LogP contribution in [0.25, 0.3) is 0 Å². The summed E-state index contributed by atoms with van der Waals surface area (Å²) >= 11 is 0. The molecule has 1 heterocycles. The molecule has 1 saturated heterocycles. The van der Waals surface area contributed by atoms with Crippen molar-refractivity contribution in [1.82, 2.24) is 0 Å². The molecular weight excluding hydrogens is 268 g/mol. The third kappa shape index (κ3) is 1.56. The van der Waals surface area contributed by atoms with Crippen molar-refractivity contribution in [2.45, 2.75) is 51.8 Å². The summed E-state index contributed by atoms with van der Waals surface area (Å²) < 4.78 is 11.9. The van der Waals surface area contributed by atoms with Crippen LogP contribution in [0.1, 0.15) is 20.3 Å². The number of hydrogen-bond acceptors (Lipinski definition) is 3. The number of ether oxygens (including phenoxy) is 2. The lowest BCUT2D eigenvalue weighted by atomic mass is 9.67. The minimum Gasteiger partial charge on any atom is -0.388 e. The average Bonchev–Trinajstić information content (AvgIpc) is 2.68. The third-order valence-electron chi connectivity index (χ3n) is 5.38. The fourth-order valence-electron chi connectivity index (χ4n) is 4.94. The highest BCUT2D eigenvalue weighted by atomic mass is 28.3. The fourth-order valence-corrected chi connectivity index (χ4v) is 7.36. The van der Waals surface area contributed by atoms with Crippen LogP contribution in [0.15, 0.2) is 22.4 Å². The summed E-state index contributed by atoms with van der Waals surface area (Å²) in [4.78, 5) is 0. The molecule has 0 radical (unpaired) electrons. The van der Waals surface area contributed by atoms with Gasteiger partial charge < -0.3 is 14.6 Å². The van der Waals surface area contributed by atoms with Gasteiger partial charge in [0.05, 0.1) is 26.2 Å². The Balaban J connectivity index is 2.21. The lowest BCUT2D eigenvalue weighted by Crippen LogP contribution is -2.47. The first kappa shape index (κ1) is 14.5. The second-order valence-corrected chi connectivity index (χ2v) is 12.8. The highest BCUT2D eigenvalue weighted by Crippen LogP contribution is 2.63. The Morgan fingerprint density at radius 1 is 1.35 bits per heavy atom. The lowest BCUT2D eigenvalue weighted by Gasteiger charge is -2.41. The Kier molecular flexibility index (Phi) is 2.95. The van der Waals surface area contributed by atoms with Crippen molar-refractivity contribution in [1.29, 1.82) is 0 Å². The molecule has 0 aromatic rings. The summed E-state index contributed by atoms with van der Waals surface area (Å²) in [7, 11) is 0.177. The predicted molar refractivity (Wildman–Crippen MR) is 82.0 cm³/mol. The Hall–Kier alpha value is -0.423. The molecule has 1 fully saturated rings. The van der Waals surface area contributed by atoms with Crippen LogP contribution in [-0.2, 0) is 9.47 Å². The zero-order chi connectivity index (χ0) is 14.9. The highest BCUT2D eigenvalue weighted by Gasteiger charge is 2.68. The van der Waals surface area contributed by atoms with Gasteiger partial charge in [-0.1, -0.05) is 42.1 Å². The van der Waals surface area contributed by atoms with E-state index in [4.69, 9.17) is 9.47 Å². The number of rotatable bonds is 2. The van der Waals surface area contributed by atoms with Gasteiger partial charge in [-0.15, -0.1) is 0 Å². The van der Waals surface area contributed by atoms with E-state index < -0.39 is 20.0 Å². The van der Waals surface area contributed by atoms with Gasteiger partial charge in [0, 0.05) is 19.4 Å². The molecule has 0 amide bonds. The van der Waals surface area contributed by atoms with Gasteiger partial charge in [0.15, 0.2) is 5.79 Å². The van der Waals surface area contributed by atoms with Crippen molar-refractivity contribution in [2.75, 3.05) is 13.7 Å². The van der Waals surface area contributed by atoms with Gasteiger partial charge in [-0.05, 0) is 13.8 Å². The zero-order valence-corrected chi connectivity index (χ0v) is 14.4. The van der Waals surface area contributed by atoms with E-state index in [1.54, 1.807) is 7.11 Å². The molecule has 2 aliphatic carbocycles. The molecule has 0 spiro atoms. The Morgan fingerprint density at radius 3 is 2.55 bits per heavy atom.